The number of hydrogen-bond donors (Lipinski definition) is 1. The molecule has 1 atom stereocenters. The van der Waals surface area contributed by atoms with Crippen LogP contribution in [0.3, 0.4) is 0 Å². The van der Waals surface area contributed by atoms with Gasteiger partial charge in [0.25, 0.3) is 5.91 Å². The molecule has 5 nitrogen and oxygen atoms in total. The molecule has 2 aliphatic rings. The Balaban J connectivity index is 1.77. The van der Waals surface area contributed by atoms with Gasteiger partial charge in [-0.05, 0) is 17.7 Å². The molecular weight excluding hydrogens is 282 g/mol. The van der Waals surface area contributed by atoms with E-state index in [-0.39, 0.29) is 18.5 Å². The van der Waals surface area contributed by atoms with Crippen molar-refractivity contribution in [2.45, 2.75) is 6.04 Å². The minimum Gasteiger partial charge on any atom is -0.509 e. The smallest absolute Gasteiger partial charge is 0.263 e. The average molecular weight is 294 g/mol. The summed E-state index contributed by atoms with van der Waals surface area (Å²) in [5, 5.41) is 10.1. The molecule has 22 heavy (non-hydrogen) atoms. The van der Waals surface area contributed by atoms with E-state index in [2.05, 4.69) is 6.08 Å². The molecule has 2 aromatic rings. The highest BCUT2D eigenvalue weighted by molar-refractivity contribution is 6.03. The summed E-state index contributed by atoms with van der Waals surface area (Å²) in [4.78, 5) is 13.7. The van der Waals surface area contributed by atoms with Gasteiger partial charge in [0.15, 0.2) is 11.5 Å². The summed E-state index contributed by atoms with van der Waals surface area (Å²) < 4.78 is 10.6. The zero-order valence-electron chi connectivity index (χ0n) is 11.5. The molecule has 0 saturated heterocycles. The number of fused-ring (bicyclic) bond motifs is 1. The molecule has 109 valence electrons. The van der Waals surface area contributed by atoms with Gasteiger partial charge in [-0.2, -0.15) is 0 Å². The fourth-order valence-corrected chi connectivity index (χ4v) is 2.72. The molecule has 0 fully saturated rings. The van der Waals surface area contributed by atoms with Gasteiger partial charge in [0.2, 0.25) is 6.79 Å². The Morgan fingerprint density at radius 3 is 2.68 bits per heavy atom. The zero-order chi connectivity index (χ0) is 15.1. The Kier molecular flexibility index (Phi) is 2.79. The fraction of sp³-hybridized carbons (Fsp3) is 0.118. The van der Waals surface area contributed by atoms with Crippen molar-refractivity contribution in [3.05, 3.63) is 65.9 Å². The van der Waals surface area contributed by atoms with Gasteiger partial charge in [0.05, 0.1) is 6.08 Å². The Hall–Kier alpha value is -2.95. The molecule has 1 unspecified atom stereocenters. The van der Waals surface area contributed by atoms with Crippen molar-refractivity contribution < 1.29 is 19.4 Å². The number of benzene rings is 2. The van der Waals surface area contributed by atoms with Crippen LogP contribution in [-0.4, -0.2) is 17.8 Å². The van der Waals surface area contributed by atoms with E-state index in [1.807, 2.05) is 30.3 Å². The number of aliphatic hydroxyl groups is 1. The van der Waals surface area contributed by atoms with Crippen molar-refractivity contribution in [2.75, 3.05) is 11.7 Å². The van der Waals surface area contributed by atoms with Gasteiger partial charge in [-0.25, -0.2) is 0 Å². The number of hydrogen-bond acceptors (Lipinski definition) is 4. The molecule has 2 aromatic carbocycles. The third-order valence-electron chi connectivity index (χ3n) is 3.72. The molecule has 2 heterocycles. The minimum absolute atomic E-state index is 0.0890. The second kappa shape index (κ2) is 4.80. The number of carbonyl (C=O) groups is 1. The molecule has 1 amide bonds. The largest absolute Gasteiger partial charge is 0.509 e. The first kappa shape index (κ1) is 12.8. The third-order valence-corrected chi connectivity index (χ3v) is 3.72. The summed E-state index contributed by atoms with van der Waals surface area (Å²) in [6.45, 7) is 0.171. The second-order valence-electron chi connectivity index (χ2n) is 5.04. The monoisotopic (exact) mass is 294 g/mol. The van der Waals surface area contributed by atoms with Crippen LogP contribution in [0.25, 0.3) is 0 Å². The van der Waals surface area contributed by atoms with Crippen molar-refractivity contribution in [3.8, 4) is 11.5 Å². The van der Waals surface area contributed by atoms with Crippen molar-refractivity contribution in [1.82, 2.24) is 0 Å². The summed E-state index contributed by atoms with van der Waals surface area (Å²) in [6, 6.07) is 14.0. The van der Waals surface area contributed by atoms with Gasteiger partial charge < -0.3 is 14.6 Å². The Labute approximate surface area is 127 Å². The molecule has 0 saturated carbocycles. The molecular formula is C17H12NO4. The molecule has 5 heteroatoms. The Bertz CT molecular complexity index is 769. The van der Waals surface area contributed by atoms with E-state index in [0.29, 0.717) is 17.2 Å². The quantitative estimate of drug-likeness (QED) is 0.925. The lowest BCUT2D eigenvalue weighted by molar-refractivity contribution is -0.114. The summed E-state index contributed by atoms with van der Waals surface area (Å²) in [6.07, 6.45) is 2.47. The van der Waals surface area contributed by atoms with E-state index in [0.717, 1.165) is 5.56 Å². The van der Waals surface area contributed by atoms with Crippen molar-refractivity contribution in [3.63, 3.8) is 0 Å². The van der Waals surface area contributed by atoms with E-state index in [9.17, 15) is 9.90 Å². The second-order valence-corrected chi connectivity index (χ2v) is 5.04. The van der Waals surface area contributed by atoms with Crippen molar-refractivity contribution >= 4 is 11.6 Å². The van der Waals surface area contributed by atoms with Gasteiger partial charge >= 0.3 is 0 Å². The van der Waals surface area contributed by atoms with Crippen LogP contribution in [0.4, 0.5) is 5.69 Å². The summed E-state index contributed by atoms with van der Waals surface area (Å²) >= 11 is 0. The molecule has 2 aliphatic heterocycles. The lowest BCUT2D eigenvalue weighted by Crippen LogP contribution is -2.29. The predicted octanol–water partition coefficient (Wildman–Crippen LogP) is 2.75. The van der Waals surface area contributed by atoms with Crippen LogP contribution in [-0.2, 0) is 4.79 Å². The fourth-order valence-electron chi connectivity index (χ4n) is 2.72. The molecule has 0 aliphatic carbocycles. The van der Waals surface area contributed by atoms with Gasteiger partial charge in [0, 0.05) is 11.8 Å². The van der Waals surface area contributed by atoms with Crippen LogP contribution >= 0.6 is 0 Å². The normalized spacial score (nSPS) is 19.5. The number of carbonyl (C=O) groups excluding carboxylic acids is 1. The van der Waals surface area contributed by atoms with E-state index < -0.39 is 6.04 Å². The topological polar surface area (TPSA) is 59.0 Å². The zero-order valence-corrected chi connectivity index (χ0v) is 11.5. The Morgan fingerprint density at radius 1 is 1.09 bits per heavy atom. The SMILES string of the molecule is O=C1[C]=C(O)C(c2ccccc2)N1c1ccc2c(c1)OCO2. The third kappa shape index (κ3) is 1.90. The van der Waals surface area contributed by atoms with Crippen LogP contribution < -0.4 is 14.4 Å². The molecule has 1 radical (unpaired) electrons. The highest BCUT2D eigenvalue weighted by atomic mass is 16.7. The van der Waals surface area contributed by atoms with E-state index in [1.54, 1.807) is 18.2 Å². The number of anilines is 1. The van der Waals surface area contributed by atoms with Gasteiger partial charge in [-0.15, -0.1) is 0 Å². The number of amides is 1. The van der Waals surface area contributed by atoms with Crippen LogP contribution in [0.1, 0.15) is 11.6 Å². The van der Waals surface area contributed by atoms with Crippen LogP contribution in [0, 0.1) is 6.08 Å². The van der Waals surface area contributed by atoms with E-state index >= 15 is 0 Å². The standard InChI is InChI=1S/C17H12NO4/c19-13-9-16(20)18(17(13)11-4-2-1-3-5-11)12-6-7-14-15(8-12)22-10-21-14/h1-8,17,19H,10H2. The molecule has 4 rings (SSSR count). The van der Waals surface area contributed by atoms with Gasteiger partial charge in [0.1, 0.15) is 11.8 Å². The van der Waals surface area contributed by atoms with Gasteiger partial charge in [-0.1, -0.05) is 30.3 Å². The van der Waals surface area contributed by atoms with Crippen LogP contribution in [0.2, 0.25) is 0 Å². The van der Waals surface area contributed by atoms with Gasteiger partial charge in [-0.3, -0.25) is 9.69 Å². The first-order chi connectivity index (χ1) is 10.7. The lowest BCUT2D eigenvalue weighted by atomic mass is 10.0. The maximum absolute atomic E-state index is 12.2. The molecule has 0 aromatic heterocycles. The number of aliphatic hydroxyl groups excluding tert-OH is 1. The maximum Gasteiger partial charge on any atom is 0.263 e. The number of ether oxygens (including phenoxy) is 2. The minimum atomic E-state index is -0.575. The van der Waals surface area contributed by atoms with E-state index in [4.69, 9.17) is 9.47 Å². The van der Waals surface area contributed by atoms with E-state index in [1.165, 1.54) is 4.90 Å². The number of rotatable bonds is 2. The first-order valence-corrected chi connectivity index (χ1v) is 6.84. The highest BCUT2D eigenvalue weighted by Gasteiger charge is 2.36. The molecule has 0 spiro atoms. The van der Waals surface area contributed by atoms with Crippen molar-refractivity contribution in [1.29, 1.82) is 0 Å². The maximum atomic E-state index is 12.2. The summed E-state index contributed by atoms with van der Waals surface area (Å²) in [5.74, 6) is 0.760. The first-order valence-electron chi connectivity index (χ1n) is 6.84. The lowest BCUT2D eigenvalue weighted by Gasteiger charge is -2.26. The number of nitrogens with zero attached hydrogens (tertiary/aromatic N) is 1. The Morgan fingerprint density at radius 2 is 1.86 bits per heavy atom. The highest BCUT2D eigenvalue weighted by Crippen LogP contribution is 2.41. The molecule has 1 N–H and O–H groups in total. The summed E-state index contributed by atoms with van der Waals surface area (Å²) in [7, 11) is 0. The average Bonchev–Trinajstić information content (AvgIpc) is 3.11. The van der Waals surface area contributed by atoms with Crippen LogP contribution in [0.15, 0.2) is 54.3 Å². The molecule has 0 bridgehead atoms. The predicted molar refractivity (Wildman–Crippen MR) is 78.6 cm³/mol. The summed E-state index contributed by atoms with van der Waals surface area (Å²) in [5.41, 5.74) is 1.44. The van der Waals surface area contributed by atoms with Crippen LogP contribution in [0.5, 0.6) is 11.5 Å². The van der Waals surface area contributed by atoms with Crippen molar-refractivity contribution in [2.24, 2.45) is 0 Å².